The maximum absolute atomic E-state index is 11.3. The number of carbonyl (C=O) groups is 4. The van der Waals surface area contributed by atoms with E-state index in [-0.39, 0.29) is 39.6 Å². The lowest BCUT2D eigenvalue weighted by Crippen LogP contribution is -2.20. The molecule has 0 aromatic rings. The van der Waals surface area contributed by atoms with Crippen molar-refractivity contribution >= 4 is 23.7 Å². The van der Waals surface area contributed by atoms with Crippen LogP contribution in [0.1, 0.15) is 0 Å². The fourth-order valence-electron chi connectivity index (χ4n) is 1.30. The lowest BCUT2D eigenvalue weighted by molar-refractivity contribution is -0.147. The van der Waals surface area contributed by atoms with Crippen LogP contribution < -0.4 is 0 Å². The van der Waals surface area contributed by atoms with Crippen LogP contribution in [0, 0.1) is 0 Å². The van der Waals surface area contributed by atoms with E-state index in [4.69, 9.17) is 24.1 Å². The first-order valence-electron chi connectivity index (χ1n) is 7.45. The largest absolute Gasteiger partial charge is 0.465 e. The Morgan fingerprint density at radius 3 is 1.58 bits per heavy atom. The van der Waals surface area contributed by atoms with E-state index in [1.165, 1.54) is 0 Å². The zero-order valence-electron chi connectivity index (χ0n) is 14.5. The summed E-state index contributed by atoms with van der Waals surface area (Å²) in [7, 11) is 1.12. The third-order valence-corrected chi connectivity index (χ3v) is 2.70. The Morgan fingerprint density at radius 2 is 1.15 bits per heavy atom. The van der Waals surface area contributed by atoms with Gasteiger partial charge in [0, 0.05) is 0 Å². The van der Waals surface area contributed by atoms with Crippen LogP contribution in [0.2, 0.25) is 0 Å². The first-order valence-corrected chi connectivity index (χ1v) is 7.45. The summed E-state index contributed by atoms with van der Waals surface area (Å²) >= 11 is 0. The molecule has 10 heteroatoms. The highest BCUT2D eigenvalue weighted by molar-refractivity contribution is 6.17. The summed E-state index contributed by atoms with van der Waals surface area (Å²) in [6, 6.07) is 0. The average Bonchev–Trinajstić information content (AvgIpc) is 2.66. The van der Waals surface area contributed by atoms with Gasteiger partial charge in [0.25, 0.3) is 0 Å². The topological polar surface area (TPSA) is 135 Å². The minimum Gasteiger partial charge on any atom is -0.465 e. The molecule has 0 aromatic carbocycles. The van der Waals surface area contributed by atoms with Gasteiger partial charge in [-0.3, -0.25) is 4.79 Å². The zero-order valence-corrected chi connectivity index (χ0v) is 14.5. The molecule has 146 valence electrons. The minimum atomic E-state index is -0.917. The van der Waals surface area contributed by atoms with E-state index < -0.39 is 41.4 Å². The maximum Gasteiger partial charge on any atom is 0.345 e. The molecule has 0 amide bonds. The van der Waals surface area contributed by atoms with E-state index in [0.717, 1.165) is 7.11 Å². The quantitative estimate of drug-likeness (QED) is 0.100. The summed E-state index contributed by atoms with van der Waals surface area (Å²) < 4.78 is 24.0. The Balaban J connectivity index is 3.57. The van der Waals surface area contributed by atoms with Gasteiger partial charge in [-0.25, -0.2) is 14.4 Å². The highest BCUT2D eigenvalue weighted by atomic mass is 16.6. The molecule has 0 heterocycles. The van der Waals surface area contributed by atoms with Crippen molar-refractivity contribution < 1.29 is 48.0 Å². The second-order valence-corrected chi connectivity index (χ2v) is 4.53. The summed E-state index contributed by atoms with van der Waals surface area (Å²) in [5, 5.41) is 8.57. The third kappa shape index (κ3) is 9.67. The lowest BCUT2D eigenvalue weighted by atomic mass is 10.2. The summed E-state index contributed by atoms with van der Waals surface area (Å²) in [6.07, 6.45) is 0. The van der Waals surface area contributed by atoms with E-state index in [1.807, 2.05) is 0 Å². The van der Waals surface area contributed by atoms with Gasteiger partial charge in [0.2, 0.25) is 0 Å². The summed E-state index contributed by atoms with van der Waals surface area (Å²) in [5.41, 5.74) is -0.839. The molecule has 0 aliphatic heterocycles. The van der Waals surface area contributed by atoms with Crippen LogP contribution in [-0.2, 0) is 42.9 Å². The van der Waals surface area contributed by atoms with Crippen molar-refractivity contribution in [1.29, 1.82) is 0 Å². The number of Topliss-reactive ketones (excluding diaryl/α,β-unsaturated/α-hetero) is 1. The predicted octanol–water partition coefficient (Wildman–Crippen LogP) is -1.05. The number of methoxy groups -OCH3 is 1. The molecular formula is C16H22O10. The molecule has 0 aliphatic carbocycles. The van der Waals surface area contributed by atoms with Gasteiger partial charge in [0.05, 0.1) is 39.1 Å². The third-order valence-electron chi connectivity index (χ3n) is 2.70. The molecule has 0 unspecified atom stereocenters. The molecule has 0 saturated carbocycles. The van der Waals surface area contributed by atoms with Crippen LogP contribution >= 0.6 is 0 Å². The van der Waals surface area contributed by atoms with Gasteiger partial charge in [0.15, 0.2) is 5.78 Å². The number of carbonyl (C=O) groups excluding carboxylic acids is 4. The molecule has 26 heavy (non-hydrogen) atoms. The van der Waals surface area contributed by atoms with Gasteiger partial charge in [-0.1, -0.05) is 13.2 Å². The Kier molecular flexibility index (Phi) is 12.4. The number of aliphatic hydroxyl groups excluding tert-OH is 1. The molecule has 0 fully saturated rings. The van der Waals surface area contributed by atoms with Crippen molar-refractivity contribution in [1.82, 2.24) is 0 Å². The van der Waals surface area contributed by atoms with Crippen molar-refractivity contribution in [2.24, 2.45) is 0 Å². The minimum absolute atomic E-state index is 0.0731. The van der Waals surface area contributed by atoms with Crippen LogP contribution in [0.25, 0.3) is 0 Å². The standard InChI is InChI=1S/C16H22O10/c1-11(13(18)10-17)15(20)25-8-6-23-4-5-24-7-9-26-16(21)12(2)14(19)22-3/h17H,1-2,4-10H2,3H3. The highest BCUT2D eigenvalue weighted by Crippen LogP contribution is 1.98. The average molecular weight is 374 g/mol. The van der Waals surface area contributed by atoms with Gasteiger partial charge in [0.1, 0.15) is 25.4 Å². The Labute approximate surface area is 150 Å². The monoisotopic (exact) mass is 374 g/mol. The van der Waals surface area contributed by atoms with Gasteiger partial charge in [-0.05, 0) is 0 Å². The maximum atomic E-state index is 11.3. The van der Waals surface area contributed by atoms with Gasteiger partial charge in [-0.2, -0.15) is 0 Å². The molecule has 10 nitrogen and oxygen atoms in total. The molecule has 0 saturated heterocycles. The molecule has 0 radical (unpaired) electrons. The van der Waals surface area contributed by atoms with Crippen molar-refractivity contribution in [3.05, 3.63) is 24.3 Å². The molecule has 0 spiro atoms. The fraction of sp³-hybridized carbons (Fsp3) is 0.500. The predicted molar refractivity (Wildman–Crippen MR) is 85.9 cm³/mol. The van der Waals surface area contributed by atoms with Crippen molar-refractivity contribution in [3.63, 3.8) is 0 Å². The van der Waals surface area contributed by atoms with Crippen LogP contribution in [0.3, 0.4) is 0 Å². The van der Waals surface area contributed by atoms with Crippen LogP contribution in [0.4, 0.5) is 0 Å². The van der Waals surface area contributed by atoms with Crippen molar-refractivity contribution in [3.8, 4) is 0 Å². The molecule has 0 aliphatic rings. The van der Waals surface area contributed by atoms with E-state index in [9.17, 15) is 19.2 Å². The molecular weight excluding hydrogens is 352 g/mol. The van der Waals surface area contributed by atoms with Gasteiger partial charge < -0.3 is 28.8 Å². The first-order chi connectivity index (χ1) is 12.3. The zero-order chi connectivity index (χ0) is 19.9. The van der Waals surface area contributed by atoms with Crippen LogP contribution in [0.15, 0.2) is 24.3 Å². The SMILES string of the molecule is C=C(C(=O)CO)C(=O)OCCOCCOCCOC(=O)C(=C)C(=O)OC. The normalized spacial score (nSPS) is 9.92. The number of ketones is 1. The lowest BCUT2D eigenvalue weighted by Gasteiger charge is -2.08. The molecule has 1 N–H and O–H groups in total. The fourth-order valence-corrected chi connectivity index (χ4v) is 1.30. The van der Waals surface area contributed by atoms with E-state index in [0.29, 0.717) is 0 Å². The molecule has 0 atom stereocenters. The van der Waals surface area contributed by atoms with Crippen molar-refractivity contribution in [2.45, 2.75) is 0 Å². The number of aliphatic hydroxyl groups is 1. The summed E-state index contributed by atoms with van der Waals surface area (Å²) in [5.74, 6) is -3.48. The smallest absolute Gasteiger partial charge is 0.345 e. The number of hydrogen-bond acceptors (Lipinski definition) is 10. The Bertz CT molecular complexity index is 489. The number of ether oxygens (including phenoxy) is 5. The van der Waals surface area contributed by atoms with Gasteiger partial charge >= 0.3 is 17.9 Å². The Morgan fingerprint density at radius 1 is 0.731 bits per heavy atom. The first kappa shape index (κ1) is 23.4. The Hall–Kier alpha value is -2.56. The van der Waals surface area contributed by atoms with E-state index in [1.54, 1.807) is 0 Å². The summed E-state index contributed by atoms with van der Waals surface area (Å²) in [6.45, 7) is 6.01. The molecule has 0 rings (SSSR count). The van der Waals surface area contributed by atoms with Crippen molar-refractivity contribution in [2.75, 3.05) is 53.4 Å². The number of hydrogen-bond donors (Lipinski definition) is 1. The summed E-state index contributed by atoms with van der Waals surface area (Å²) in [4.78, 5) is 44.6. The second-order valence-electron chi connectivity index (χ2n) is 4.53. The van der Waals surface area contributed by atoms with Gasteiger partial charge in [-0.15, -0.1) is 0 Å². The highest BCUT2D eigenvalue weighted by Gasteiger charge is 2.17. The second kappa shape index (κ2) is 13.7. The van der Waals surface area contributed by atoms with Crippen LogP contribution in [0.5, 0.6) is 0 Å². The molecule has 0 aromatic heterocycles. The number of esters is 3. The molecule has 0 bridgehead atoms. The van der Waals surface area contributed by atoms with Crippen LogP contribution in [-0.4, -0.2) is 82.2 Å². The van der Waals surface area contributed by atoms with E-state index in [2.05, 4.69) is 17.9 Å². The number of rotatable bonds is 14. The van der Waals surface area contributed by atoms with E-state index >= 15 is 0 Å².